The van der Waals surface area contributed by atoms with Gasteiger partial charge in [0.2, 0.25) is 5.95 Å². The van der Waals surface area contributed by atoms with E-state index in [1.807, 2.05) is 0 Å². The Morgan fingerprint density at radius 2 is 1.75 bits per heavy atom. The van der Waals surface area contributed by atoms with Gasteiger partial charge >= 0.3 is 0 Å². The number of halogens is 1. The van der Waals surface area contributed by atoms with E-state index < -0.39 is 0 Å². The highest BCUT2D eigenvalue weighted by molar-refractivity contribution is 6.30. The maximum absolute atomic E-state index is 6.22. The quantitative estimate of drug-likeness (QED) is 0.703. The number of anilines is 1. The van der Waals surface area contributed by atoms with Crippen LogP contribution in [-0.2, 0) is 12.8 Å². The largest absolute Gasteiger partial charge is 0.341 e. The van der Waals surface area contributed by atoms with E-state index in [0.29, 0.717) is 5.15 Å². The van der Waals surface area contributed by atoms with Crippen molar-refractivity contribution >= 4 is 17.5 Å². The maximum atomic E-state index is 6.22. The van der Waals surface area contributed by atoms with Gasteiger partial charge in [-0.3, -0.25) is 0 Å². The summed E-state index contributed by atoms with van der Waals surface area (Å²) in [5.41, 5.74) is 2.36. The highest BCUT2D eigenvalue weighted by atomic mass is 35.5. The fourth-order valence-electron chi connectivity index (χ4n) is 2.61. The Morgan fingerprint density at radius 3 is 2.56 bits per heavy atom. The molecule has 16 heavy (non-hydrogen) atoms. The lowest BCUT2D eigenvalue weighted by Gasteiger charge is -2.27. The Bertz CT molecular complexity index is 399. The number of aryl methyl sites for hydroxylation is 1. The van der Waals surface area contributed by atoms with Crippen molar-refractivity contribution in [1.29, 1.82) is 0 Å². The molecular formula is C12H16ClN3. The zero-order valence-electron chi connectivity index (χ0n) is 9.38. The molecule has 1 fully saturated rings. The first kappa shape index (κ1) is 10.3. The van der Waals surface area contributed by atoms with Crippen LogP contribution >= 0.6 is 11.6 Å². The van der Waals surface area contributed by atoms with Crippen LogP contribution in [0.3, 0.4) is 0 Å². The van der Waals surface area contributed by atoms with Crippen LogP contribution in [0.25, 0.3) is 0 Å². The van der Waals surface area contributed by atoms with Crippen LogP contribution in [0.2, 0.25) is 5.15 Å². The molecule has 0 amide bonds. The Labute approximate surface area is 101 Å². The van der Waals surface area contributed by atoms with Gasteiger partial charge in [0.25, 0.3) is 0 Å². The second kappa shape index (κ2) is 4.21. The summed E-state index contributed by atoms with van der Waals surface area (Å²) in [5, 5.41) is 0.683. The number of aromatic nitrogens is 2. The van der Waals surface area contributed by atoms with Crippen molar-refractivity contribution in [3.8, 4) is 0 Å². The third-order valence-corrected chi connectivity index (χ3v) is 3.82. The maximum Gasteiger partial charge on any atom is 0.227 e. The molecule has 1 aliphatic carbocycles. The van der Waals surface area contributed by atoms with Gasteiger partial charge in [-0.25, -0.2) is 9.97 Å². The molecule has 0 N–H and O–H groups in total. The highest BCUT2D eigenvalue weighted by Gasteiger charge is 2.21. The zero-order chi connectivity index (χ0) is 11.0. The van der Waals surface area contributed by atoms with E-state index in [-0.39, 0.29) is 0 Å². The number of piperidine rings is 1. The fourth-order valence-corrected chi connectivity index (χ4v) is 2.89. The molecule has 2 heterocycles. The molecule has 3 nitrogen and oxygen atoms in total. The van der Waals surface area contributed by atoms with E-state index in [2.05, 4.69) is 14.9 Å². The number of nitrogens with zero attached hydrogens (tertiary/aromatic N) is 3. The minimum Gasteiger partial charge on any atom is -0.341 e. The van der Waals surface area contributed by atoms with Gasteiger partial charge in [-0.2, -0.15) is 0 Å². The summed E-state index contributed by atoms with van der Waals surface area (Å²) in [6.45, 7) is 2.16. The summed E-state index contributed by atoms with van der Waals surface area (Å²) in [6.07, 6.45) is 7.12. The van der Waals surface area contributed by atoms with Gasteiger partial charge in [-0.05, 0) is 38.5 Å². The molecule has 1 aliphatic heterocycles. The van der Waals surface area contributed by atoms with Gasteiger partial charge in [0, 0.05) is 18.7 Å². The molecule has 0 unspecified atom stereocenters. The summed E-state index contributed by atoms with van der Waals surface area (Å²) in [7, 11) is 0. The third kappa shape index (κ3) is 1.77. The normalized spacial score (nSPS) is 19.9. The SMILES string of the molecule is Clc1nc(N2CCCCC2)nc2c1CCC2. The van der Waals surface area contributed by atoms with Crippen molar-refractivity contribution in [3.05, 3.63) is 16.4 Å². The lowest BCUT2D eigenvalue weighted by molar-refractivity contribution is 0.567. The van der Waals surface area contributed by atoms with E-state index in [4.69, 9.17) is 11.6 Å². The van der Waals surface area contributed by atoms with E-state index in [1.54, 1.807) is 0 Å². The monoisotopic (exact) mass is 237 g/mol. The molecule has 2 aliphatic rings. The van der Waals surface area contributed by atoms with Crippen molar-refractivity contribution in [2.75, 3.05) is 18.0 Å². The molecule has 0 saturated carbocycles. The molecule has 86 valence electrons. The summed E-state index contributed by atoms with van der Waals surface area (Å²) in [4.78, 5) is 11.4. The van der Waals surface area contributed by atoms with Crippen molar-refractivity contribution in [1.82, 2.24) is 9.97 Å². The first-order valence-corrected chi connectivity index (χ1v) is 6.52. The van der Waals surface area contributed by atoms with E-state index in [0.717, 1.165) is 31.9 Å². The van der Waals surface area contributed by atoms with Crippen molar-refractivity contribution < 1.29 is 0 Å². The minimum atomic E-state index is 0.683. The molecule has 0 aromatic carbocycles. The van der Waals surface area contributed by atoms with Crippen molar-refractivity contribution in [2.45, 2.75) is 38.5 Å². The summed E-state index contributed by atoms with van der Waals surface area (Å²) in [6, 6.07) is 0. The fraction of sp³-hybridized carbons (Fsp3) is 0.667. The van der Waals surface area contributed by atoms with Gasteiger partial charge in [0.15, 0.2) is 0 Å². The minimum absolute atomic E-state index is 0.683. The Morgan fingerprint density at radius 1 is 0.938 bits per heavy atom. The van der Waals surface area contributed by atoms with Crippen LogP contribution in [0.1, 0.15) is 36.9 Å². The van der Waals surface area contributed by atoms with Gasteiger partial charge in [0.1, 0.15) is 5.15 Å². The second-order valence-electron chi connectivity index (χ2n) is 4.64. The topological polar surface area (TPSA) is 29.0 Å². The molecule has 0 bridgehead atoms. The first-order valence-electron chi connectivity index (χ1n) is 6.15. The Kier molecular flexibility index (Phi) is 2.72. The van der Waals surface area contributed by atoms with Crippen molar-refractivity contribution in [2.24, 2.45) is 0 Å². The van der Waals surface area contributed by atoms with Crippen LogP contribution in [0.5, 0.6) is 0 Å². The molecule has 0 atom stereocenters. The lowest BCUT2D eigenvalue weighted by atomic mass is 10.1. The molecule has 0 spiro atoms. The lowest BCUT2D eigenvalue weighted by Crippen LogP contribution is -2.31. The third-order valence-electron chi connectivity index (χ3n) is 3.51. The molecular weight excluding hydrogens is 222 g/mol. The second-order valence-corrected chi connectivity index (χ2v) is 5.00. The first-order chi connectivity index (χ1) is 7.84. The molecule has 4 heteroatoms. The summed E-state index contributed by atoms with van der Waals surface area (Å²) >= 11 is 6.22. The highest BCUT2D eigenvalue weighted by Crippen LogP contribution is 2.28. The van der Waals surface area contributed by atoms with Gasteiger partial charge < -0.3 is 4.90 Å². The summed E-state index contributed by atoms with van der Waals surface area (Å²) < 4.78 is 0. The van der Waals surface area contributed by atoms with Gasteiger partial charge in [-0.1, -0.05) is 11.6 Å². The molecule has 0 radical (unpaired) electrons. The van der Waals surface area contributed by atoms with Gasteiger partial charge in [-0.15, -0.1) is 0 Å². The van der Waals surface area contributed by atoms with E-state index in [9.17, 15) is 0 Å². The van der Waals surface area contributed by atoms with Crippen LogP contribution < -0.4 is 4.90 Å². The molecule has 3 rings (SSSR count). The Balaban J connectivity index is 1.92. The van der Waals surface area contributed by atoms with Crippen LogP contribution in [0.15, 0.2) is 0 Å². The number of hydrogen-bond donors (Lipinski definition) is 0. The van der Waals surface area contributed by atoms with Crippen LogP contribution in [0.4, 0.5) is 5.95 Å². The zero-order valence-corrected chi connectivity index (χ0v) is 10.1. The van der Waals surface area contributed by atoms with Crippen LogP contribution in [0, 0.1) is 0 Å². The smallest absolute Gasteiger partial charge is 0.227 e. The number of rotatable bonds is 1. The Hall–Kier alpha value is -0.830. The van der Waals surface area contributed by atoms with Crippen LogP contribution in [-0.4, -0.2) is 23.1 Å². The van der Waals surface area contributed by atoms with Crippen molar-refractivity contribution in [3.63, 3.8) is 0 Å². The predicted octanol–water partition coefficient (Wildman–Crippen LogP) is 2.61. The standard InChI is InChI=1S/C12H16ClN3/c13-11-9-5-4-6-10(9)14-12(15-11)16-7-2-1-3-8-16/h1-8H2. The van der Waals surface area contributed by atoms with Gasteiger partial charge in [0.05, 0.1) is 5.69 Å². The number of fused-ring (bicyclic) bond motifs is 1. The van der Waals surface area contributed by atoms with E-state index >= 15 is 0 Å². The molecule has 1 saturated heterocycles. The van der Waals surface area contributed by atoms with E-state index in [1.165, 1.54) is 36.9 Å². The number of hydrogen-bond acceptors (Lipinski definition) is 3. The summed E-state index contributed by atoms with van der Waals surface area (Å²) in [5.74, 6) is 0.852. The molecule has 1 aromatic heterocycles. The average molecular weight is 238 g/mol. The molecule has 1 aromatic rings. The predicted molar refractivity (Wildman–Crippen MR) is 65.1 cm³/mol. The average Bonchev–Trinajstić information content (AvgIpc) is 2.79.